The third-order valence-electron chi connectivity index (χ3n) is 2.60. The zero-order valence-corrected chi connectivity index (χ0v) is 9.84. The third-order valence-corrected chi connectivity index (χ3v) is 2.60. The SMILES string of the molecule is Cc1ccc(NC(=O)c2ccc(O)cc2)cc1O. The first-order valence-corrected chi connectivity index (χ1v) is 5.46. The number of aromatic hydroxyl groups is 2. The van der Waals surface area contributed by atoms with Gasteiger partial charge in [0, 0.05) is 17.3 Å². The Balaban J connectivity index is 2.16. The van der Waals surface area contributed by atoms with Crippen LogP contribution in [0.1, 0.15) is 15.9 Å². The zero-order chi connectivity index (χ0) is 13.1. The lowest BCUT2D eigenvalue weighted by molar-refractivity contribution is 0.102. The minimum atomic E-state index is -0.293. The number of phenols is 2. The van der Waals surface area contributed by atoms with Crippen LogP contribution in [0.25, 0.3) is 0 Å². The molecule has 3 N–H and O–H groups in total. The Bertz CT molecular complexity index is 576. The van der Waals surface area contributed by atoms with Gasteiger partial charge in [-0.1, -0.05) is 6.07 Å². The lowest BCUT2D eigenvalue weighted by atomic mass is 10.1. The summed E-state index contributed by atoms with van der Waals surface area (Å²) in [6.07, 6.45) is 0. The van der Waals surface area contributed by atoms with Crippen LogP contribution in [-0.2, 0) is 0 Å². The predicted molar refractivity (Wildman–Crippen MR) is 68.9 cm³/mol. The summed E-state index contributed by atoms with van der Waals surface area (Å²) in [5.74, 6) is -0.0451. The lowest BCUT2D eigenvalue weighted by Gasteiger charge is -2.07. The summed E-state index contributed by atoms with van der Waals surface area (Å²) in [5.41, 5.74) is 1.71. The van der Waals surface area contributed by atoms with E-state index in [9.17, 15) is 9.90 Å². The van der Waals surface area contributed by atoms with E-state index in [0.717, 1.165) is 5.56 Å². The molecule has 18 heavy (non-hydrogen) atoms. The van der Waals surface area contributed by atoms with Crippen molar-refractivity contribution in [1.29, 1.82) is 0 Å². The fraction of sp³-hybridized carbons (Fsp3) is 0.0714. The van der Waals surface area contributed by atoms with Gasteiger partial charge >= 0.3 is 0 Å². The fourth-order valence-electron chi connectivity index (χ4n) is 1.50. The van der Waals surface area contributed by atoms with Crippen LogP contribution in [0.5, 0.6) is 11.5 Å². The Hall–Kier alpha value is -2.49. The number of carbonyl (C=O) groups excluding carboxylic acids is 1. The van der Waals surface area contributed by atoms with E-state index in [1.54, 1.807) is 19.1 Å². The normalized spacial score (nSPS) is 10.1. The summed E-state index contributed by atoms with van der Waals surface area (Å²) in [6, 6.07) is 10.9. The predicted octanol–water partition coefficient (Wildman–Crippen LogP) is 2.66. The highest BCUT2D eigenvalue weighted by Gasteiger charge is 2.06. The topological polar surface area (TPSA) is 69.6 Å². The van der Waals surface area contributed by atoms with Gasteiger partial charge in [-0.05, 0) is 42.8 Å². The number of anilines is 1. The number of amides is 1. The van der Waals surface area contributed by atoms with Crippen LogP contribution in [-0.4, -0.2) is 16.1 Å². The molecule has 0 aromatic heterocycles. The summed E-state index contributed by atoms with van der Waals surface area (Å²) < 4.78 is 0. The standard InChI is InChI=1S/C14H13NO3/c1-9-2-5-11(8-13(9)17)15-14(18)10-3-6-12(16)7-4-10/h2-8,16-17H,1H3,(H,15,18). The van der Waals surface area contributed by atoms with Gasteiger partial charge in [0.05, 0.1) is 0 Å². The lowest BCUT2D eigenvalue weighted by Crippen LogP contribution is -2.11. The average Bonchev–Trinajstić information content (AvgIpc) is 2.34. The summed E-state index contributed by atoms with van der Waals surface area (Å²) in [4.78, 5) is 11.8. The number of nitrogens with one attached hydrogen (secondary N) is 1. The maximum atomic E-state index is 11.8. The van der Waals surface area contributed by atoms with Crippen LogP contribution >= 0.6 is 0 Å². The monoisotopic (exact) mass is 243 g/mol. The van der Waals surface area contributed by atoms with Crippen LogP contribution in [0.4, 0.5) is 5.69 Å². The first kappa shape index (κ1) is 12.0. The van der Waals surface area contributed by atoms with Crippen molar-refractivity contribution in [2.45, 2.75) is 6.92 Å². The minimum absolute atomic E-state index is 0.111. The van der Waals surface area contributed by atoms with E-state index < -0.39 is 0 Å². The molecule has 0 saturated heterocycles. The molecule has 0 heterocycles. The molecule has 0 aliphatic rings. The first-order chi connectivity index (χ1) is 8.56. The van der Waals surface area contributed by atoms with E-state index in [2.05, 4.69) is 5.32 Å². The van der Waals surface area contributed by atoms with Crippen molar-refractivity contribution >= 4 is 11.6 Å². The number of rotatable bonds is 2. The van der Waals surface area contributed by atoms with Crippen molar-refractivity contribution in [3.05, 3.63) is 53.6 Å². The van der Waals surface area contributed by atoms with Crippen molar-refractivity contribution < 1.29 is 15.0 Å². The van der Waals surface area contributed by atoms with Gasteiger partial charge in [0.25, 0.3) is 5.91 Å². The Labute approximate surface area is 105 Å². The Morgan fingerprint density at radius 1 is 1.06 bits per heavy atom. The largest absolute Gasteiger partial charge is 0.508 e. The average molecular weight is 243 g/mol. The smallest absolute Gasteiger partial charge is 0.255 e. The summed E-state index contributed by atoms with van der Waals surface area (Å²) >= 11 is 0. The van der Waals surface area contributed by atoms with Gasteiger partial charge in [-0.15, -0.1) is 0 Å². The van der Waals surface area contributed by atoms with Gasteiger partial charge < -0.3 is 15.5 Å². The highest BCUT2D eigenvalue weighted by Crippen LogP contribution is 2.21. The van der Waals surface area contributed by atoms with Crippen molar-refractivity contribution in [3.8, 4) is 11.5 Å². The molecule has 0 saturated carbocycles. The molecule has 0 fully saturated rings. The van der Waals surface area contributed by atoms with Gasteiger partial charge in [-0.2, -0.15) is 0 Å². The second-order valence-corrected chi connectivity index (χ2v) is 4.00. The molecule has 2 aromatic rings. The number of hydrogen-bond donors (Lipinski definition) is 3. The Morgan fingerprint density at radius 3 is 2.33 bits per heavy atom. The Morgan fingerprint density at radius 2 is 1.72 bits per heavy atom. The van der Waals surface area contributed by atoms with Crippen molar-refractivity contribution in [3.63, 3.8) is 0 Å². The second kappa shape index (κ2) is 4.79. The number of aryl methyl sites for hydroxylation is 1. The van der Waals surface area contributed by atoms with E-state index in [-0.39, 0.29) is 17.4 Å². The van der Waals surface area contributed by atoms with Gasteiger partial charge in [0.1, 0.15) is 11.5 Å². The second-order valence-electron chi connectivity index (χ2n) is 4.00. The minimum Gasteiger partial charge on any atom is -0.508 e. The van der Waals surface area contributed by atoms with Crippen LogP contribution < -0.4 is 5.32 Å². The summed E-state index contributed by atoms with van der Waals surface area (Å²) in [6.45, 7) is 1.78. The molecule has 2 rings (SSSR count). The number of hydrogen-bond acceptors (Lipinski definition) is 3. The first-order valence-electron chi connectivity index (χ1n) is 5.46. The van der Waals surface area contributed by atoms with Gasteiger partial charge in [0.2, 0.25) is 0 Å². The maximum absolute atomic E-state index is 11.8. The van der Waals surface area contributed by atoms with Crippen LogP contribution in [0.3, 0.4) is 0 Å². The van der Waals surface area contributed by atoms with Gasteiger partial charge in [-0.25, -0.2) is 0 Å². The van der Waals surface area contributed by atoms with E-state index >= 15 is 0 Å². The molecule has 0 aliphatic carbocycles. The highest BCUT2D eigenvalue weighted by atomic mass is 16.3. The van der Waals surface area contributed by atoms with Crippen LogP contribution in [0.2, 0.25) is 0 Å². The molecular formula is C14H13NO3. The molecule has 4 heteroatoms. The molecule has 92 valence electrons. The molecule has 0 atom stereocenters. The van der Waals surface area contributed by atoms with E-state index in [4.69, 9.17) is 5.11 Å². The van der Waals surface area contributed by atoms with Crippen LogP contribution in [0.15, 0.2) is 42.5 Å². The van der Waals surface area contributed by atoms with Crippen molar-refractivity contribution in [1.82, 2.24) is 0 Å². The summed E-state index contributed by atoms with van der Waals surface area (Å²) in [7, 11) is 0. The van der Waals surface area contributed by atoms with Gasteiger partial charge in [-0.3, -0.25) is 4.79 Å². The number of phenolic OH excluding ortho intramolecular Hbond substituents is 2. The number of carbonyl (C=O) groups is 1. The van der Waals surface area contributed by atoms with Crippen molar-refractivity contribution in [2.24, 2.45) is 0 Å². The third kappa shape index (κ3) is 2.60. The van der Waals surface area contributed by atoms with Crippen molar-refractivity contribution in [2.75, 3.05) is 5.32 Å². The van der Waals surface area contributed by atoms with Gasteiger partial charge in [0.15, 0.2) is 0 Å². The maximum Gasteiger partial charge on any atom is 0.255 e. The Kier molecular flexibility index (Phi) is 3.19. The molecule has 1 amide bonds. The zero-order valence-electron chi connectivity index (χ0n) is 9.84. The quantitative estimate of drug-likeness (QED) is 0.759. The molecular weight excluding hydrogens is 230 g/mol. The fourth-order valence-corrected chi connectivity index (χ4v) is 1.50. The molecule has 0 spiro atoms. The molecule has 0 aliphatic heterocycles. The molecule has 0 radical (unpaired) electrons. The van der Waals surface area contributed by atoms with E-state index in [0.29, 0.717) is 11.3 Å². The molecule has 4 nitrogen and oxygen atoms in total. The molecule has 0 unspecified atom stereocenters. The highest BCUT2D eigenvalue weighted by molar-refractivity contribution is 6.04. The van der Waals surface area contributed by atoms with Crippen LogP contribution in [0, 0.1) is 6.92 Å². The van der Waals surface area contributed by atoms with E-state index in [1.807, 2.05) is 0 Å². The van der Waals surface area contributed by atoms with E-state index in [1.165, 1.54) is 30.3 Å². The molecule has 0 bridgehead atoms. The summed E-state index contributed by atoms with van der Waals surface area (Å²) in [5, 5.41) is 21.3. The number of benzene rings is 2. The molecule has 2 aromatic carbocycles.